The van der Waals surface area contributed by atoms with Gasteiger partial charge >= 0.3 is 0 Å². The quantitative estimate of drug-likeness (QED) is 0.728. The highest BCUT2D eigenvalue weighted by Gasteiger charge is 2.26. The maximum atomic E-state index is 13.5. The molecule has 0 atom stereocenters. The van der Waals surface area contributed by atoms with Crippen LogP contribution in [0.1, 0.15) is 66.7 Å². The summed E-state index contributed by atoms with van der Waals surface area (Å²) in [4.78, 5) is 16.9. The molecule has 28 heavy (non-hydrogen) atoms. The fraction of sp³-hybridized carbons (Fsp3) is 0.474. The number of carbonyl (C=O) groups is 1. The third-order valence-electron chi connectivity index (χ3n) is 5.31. The number of carbonyl (C=O) groups excluding carboxylic acids is 1. The SMILES string of the molecule is Cc1cnc2c(C(=O)Nc3cn(C4CCC(C)CC4)nc3C(F)F)cnn2c1. The molecule has 7 nitrogen and oxygen atoms in total. The molecule has 1 saturated carbocycles. The van der Waals surface area contributed by atoms with E-state index in [1.54, 1.807) is 17.1 Å². The van der Waals surface area contributed by atoms with Crippen LogP contribution >= 0.6 is 0 Å². The molecule has 3 aromatic heterocycles. The minimum Gasteiger partial charge on any atom is -0.319 e. The highest BCUT2D eigenvalue weighted by molar-refractivity contribution is 6.08. The zero-order chi connectivity index (χ0) is 19.8. The van der Waals surface area contributed by atoms with E-state index in [2.05, 4.69) is 27.4 Å². The van der Waals surface area contributed by atoms with E-state index < -0.39 is 18.0 Å². The molecule has 0 aromatic carbocycles. The zero-order valence-corrected chi connectivity index (χ0v) is 15.8. The number of aromatic nitrogens is 5. The first kappa shape index (κ1) is 18.5. The lowest BCUT2D eigenvalue weighted by Gasteiger charge is -2.26. The second-order valence-electron chi connectivity index (χ2n) is 7.53. The molecule has 148 valence electrons. The van der Waals surface area contributed by atoms with Crippen LogP contribution < -0.4 is 5.32 Å². The summed E-state index contributed by atoms with van der Waals surface area (Å²) in [6.07, 6.45) is 7.38. The van der Waals surface area contributed by atoms with Crippen LogP contribution in [-0.4, -0.2) is 30.3 Å². The lowest BCUT2D eigenvalue weighted by molar-refractivity contribution is 0.102. The van der Waals surface area contributed by atoms with Crippen molar-refractivity contribution < 1.29 is 13.6 Å². The average Bonchev–Trinajstić information content (AvgIpc) is 3.26. The van der Waals surface area contributed by atoms with Crippen molar-refractivity contribution in [2.75, 3.05) is 5.32 Å². The minimum atomic E-state index is -2.77. The summed E-state index contributed by atoms with van der Waals surface area (Å²) >= 11 is 0. The normalized spacial score (nSPS) is 20.0. The zero-order valence-electron chi connectivity index (χ0n) is 15.8. The molecule has 1 N–H and O–H groups in total. The predicted molar refractivity (Wildman–Crippen MR) is 99.5 cm³/mol. The molecule has 0 unspecified atom stereocenters. The molecule has 3 aromatic rings. The van der Waals surface area contributed by atoms with Gasteiger partial charge < -0.3 is 5.32 Å². The largest absolute Gasteiger partial charge is 0.319 e. The third-order valence-corrected chi connectivity index (χ3v) is 5.31. The molecule has 0 spiro atoms. The van der Waals surface area contributed by atoms with Gasteiger partial charge in [-0.1, -0.05) is 6.92 Å². The Bertz CT molecular complexity index is 1000. The lowest BCUT2D eigenvalue weighted by atomic mass is 9.87. The molecule has 1 aliphatic rings. The van der Waals surface area contributed by atoms with Crippen LogP contribution in [0.4, 0.5) is 14.5 Å². The molecule has 9 heteroatoms. The molecule has 0 saturated heterocycles. The number of hydrogen-bond acceptors (Lipinski definition) is 4. The molecule has 0 bridgehead atoms. The van der Waals surface area contributed by atoms with Crippen molar-refractivity contribution in [3.05, 3.63) is 41.6 Å². The van der Waals surface area contributed by atoms with Gasteiger partial charge in [0, 0.05) is 18.6 Å². The maximum absolute atomic E-state index is 13.5. The van der Waals surface area contributed by atoms with E-state index in [1.807, 2.05) is 6.92 Å². The Morgan fingerprint density at radius 2 is 1.96 bits per heavy atom. The Labute approximate surface area is 160 Å². The highest BCUT2D eigenvalue weighted by atomic mass is 19.3. The Kier molecular flexibility index (Phi) is 4.82. The van der Waals surface area contributed by atoms with Crippen LogP contribution in [0.15, 0.2) is 24.8 Å². The van der Waals surface area contributed by atoms with Gasteiger partial charge in [-0.25, -0.2) is 18.3 Å². The fourth-order valence-corrected chi connectivity index (χ4v) is 3.68. The van der Waals surface area contributed by atoms with Crippen LogP contribution in [0, 0.1) is 12.8 Å². The lowest BCUT2D eigenvalue weighted by Crippen LogP contribution is -2.17. The Hall–Kier alpha value is -2.84. The van der Waals surface area contributed by atoms with Gasteiger partial charge in [-0.15, -0.1) is 0 Å². The van der Waals surface area contributed by atoms with Gasteiger partial charge in [0.2, 0.25) is 0 Å². The molecule has 0 aliphatic heterocycles. The number of amides is 1. The predicted octanol–water partition coefficient (Wildman–Crippen LogP) is 4.18. The summed E-state index contributed by atoms with van der Waals surface area (Å²) in [5.74, 6) is 0.109. The van der Waals surface area contributed by atoms with E-state index in [-0.39, 0.29) is 17.3 Å². The first-order valence-electron chi connectivity index (χ1n) is 9.41. The van der Waals surface area contributed by atoms with Crippen LogP contribution in [-0.2, 0) is 0 Å². The topological polar surface area (TPSA) is 77.1 Å². The van der Waals surface area contributed by atoms with Crippen LogP contribution in [0.2, 0.25) is 0 Å². The summed E-state index contributed by atoms with van der Waals surface area (Å²) < 4.78 is 30.1. The summed E-state index contributed by atoms with van der Waals surface area (Å²) in [5, 5.41) is 10.8. The smallest absolute Gasteiger partial charge is 0.284 e. The van der Waals surface area contributed by atoms with Gasteiger partial charge in [-0.3, -0.25) is 9.48 Å². The maximum Gasteiger partial charge on any atom is 0.284 e. The summed E-state index contributed by atoms with van der Waals surface area (Å²) in [6.45, 7) is 4.06. The number of rotatable bonds is 4. The van der Waals surface area contributed by atoms with E-state index in [9.17, 15) is 13.6 Å². The summed E-state index contributed by atoms with van der Waals surface area (Å²) in [7, 11) is 0. The fourth-order valence-electron chi connectivity index (χ4n) is 3.68. The van der Waals surface area contributed by atoms with Crippen molar-refractivity contribution in [2.24, 2.45) is 5.92 Å². The Balaban J connectivity index is 1.60. The highest BCUT2D eigenvalue weighted by Crippen LogP contribution is 2.34. The summed E-state index contributed by atoms with van der Waals surface area (Å²) in [5.41, 5.74) is 1.11. The van der Waals surface area contributed by atoms with Crippen LogP contribution in [0.25, 0.3) is 5.65 Å². The second kappa shape index (κ2) is 7.29. The number of aryl methyl sites for hydroxylation is 1. The average molecular weight is 388 g/mol. The van der Waals surface area contributed by atoms with E-state index in [0.717, 1.165) is 31.2 Å². The van der Waals surface area contributed by atoms with E-state index in [0.29, 0.717) is 11.6 Å². The monoisotopic (exact) mass is 388 g/mol. The first-order chi connectivity index (χ1) is 13.4. The minimum absolute atomic E-state index is 0.0325. The number of fused-ring (bicyclic) bond motifs is 1. The molecule has 4 rings (SSSR count). The number of nitrogens with one attached hydrogen (secondary N) is 1. The molecule has 1 amide bonds. The van der Waals surface area contributed by atoms with Gasteiger partial charge in [0.25, 0.3) is 12.3 Å². The molecule has 1 aliphatic carbocycles. The number of alkyl halides is 2. The van der Waals surface area contributed by atoms with E-state index >= 15 is 0 Å². The van der Waals surface area contributed by atoms with E-state index in [1.165, 1.54) is 16.9 Å². The molecule has 3 heterocycles. The van der Waals surface area contributed by atoms with Crippen LogP contribution in [0.3, 0.4) is 0 Å². The molecule has 1 fully saturated rings. The Morgan fingerprint density at radius 1 is 1.21 bits per heavy atom. The van der Waals surface area contributed by atoms with Crippen molar-refractivity contribution in [3.8, 4) is 0 Å². The number of hydrogen-bond donors (Lipinski definition) is 1. The number of nitrogens with zero attached hydrogens (tertiary/aromatic N) is 5. The van der Waals surface area contributed by atoms with Crippen molar-refractivity contribution >= 4 is 17.2 Å². The van der Waals surface area contributed by atoms with Crippen molar-refractivity contribution in [2.45, 2.75) is 52.0 Å². The van der Waals surface area contributed by atoms with Gasteiger partial charge in [-0.05, 0) is 44.1 Å². The standard InChI is InChI=1S/C19H22F2N6O/c1-11-3-5-13(6-4-11)26-10-15(16(25-26)17(20)21)24-19(28)14-8-23-27-9-12(2)7-22-18(14)27/h7-11,13,17H,3-6H2,1-2H3,(H,24,28). The van der Waals surface area contributed by atoms with Gasteiger partial charge in [-0.2, -0.15) is 10.2 Å². The third kappa shape index (κ3) is 3.48. The summed E-state index contributed by atoms with van der Waals surface area (Å²) in [6, 6.07) is 0.0842. The van der Waals surface area contributed by atoms with Gasteiger partial charge in [0.15, 0.2) is 11.3 Å². The van der Waals surface area contributed by atoms with Crippen molar-refractivity contribution in [1.82, 2.24) is 24.4 Å². The second-order valence-corrected chi connectivity index (χ2v) is 7.53. The number of anilines is 1. The Morgan fingerprint density at radius 3 is 2.68 bits per heavy atom. The van der Waals surface area contributed by atoms with Gasteiger partial charge in [0.05, 0.1) is 17.9 Å². The van der Waals surface area contributed by atoms with Gasteiger partial charge in [0.1, 0.15) is 5.56 Å². The number of halogens is 2. The molecule has 0 radical (unpaired) electrons. The van der Waals surface area contributed by atoms with Crippen molar-refractivity contribution in [1.29, 1.82) is 0 Å². The first-order valence-corrected chi connectivity index (χ1v) is 9.41. The van der Waals surface area contributed by atoms with Crippen molar-refractivity contribution in [3.63, 3.8) is 0 Å². The van der Waals surface area contributed by atoms with Crippen LogP contribution in [0.5, 0.6) is 0 Å². The molecular formula is C19H22F2N6O. The molecular weight excluding hydrogens is 366 g/mol. The van der Waals surface area contributed by atoms with E-state index in [4.69, 9.17) is 0 Å².